The van der Waals surface area contributed by atoms with Crippen LogP contribution in [0.5, 0.6) is 0 Å². The van der Waals surface area contributed by atoms with E-state index in [2.05, 4.69) is 12.1 Å². The second kappa shape index (κ2) is 5.65. The van der Waals surface area contributed by atoms with Gasteiger partial charge in [-0.15, -0.1) is 11.3 Å². The maximum Gasteiger partial charge on any atom is 0.265 e. The van der Waals surface area contributed by atoms with E-state index in [4.69, 9.17) is 5.73 Å². The van der Waals surface area contributed by atoms with E-state index in [-0.39, 0.29) is 11.1 Å². The third-order valence-corrected chi connectivity index (χ3v) is 6.65. The Kier molecular flexibility index (Phi) is 3.17. The quantitative estimate of drug-likeness (QED) is 0.245. The van der Waals surface area contributed by atoms with E-state index in [0.29, 0.717) is 22.1 Å². The summed E-state index contributed by atoms with van der Waals surface area (Å²) in [5.74, 6) is 0. The van der Waals surface area contributed by atoms with Crippen LogP contribution in [0, 0.1) is 0 Å². The molecule has 29 heavy (non-hydrogen) atoms. The summed E-state index contributed by atoms with van der Waals surface area (Å²) < 4.78 is 3.47. The lowest BCUT2D eigenvalue weighted by molar-refractivity contribution is 0.971. The molecule has 0 amide bonds. The number of hydrogen-bond acceptors (Lipinski definition) is 4. The summed E-state index contributed by atoms with van der Waals surface area (Å²) in [6.07, 6.45) is 0. The van der Waals surface area contributed by atoms with Crippen molar-refractivity contribution in [3.63, 3.8) is 0 Å². The van der Waals surface area contributed by atoms with Crippen LogP contribution in [0.15, 0.2) is 82.4 Å². The van der Waals surface area contributed by atoms with Crippen LogP contribution in [0.3, 0.4) is 0 Å². The zero-order chi connectivity index (χ0) is 19.7. The SMILES string of the molecule is Nc1cccc(-n2c(=O)c3ccc4sc5ccccc5c5ccc(c2=O)c3c45)c1. The van der Waals surface area contributed by atoms with Crippen LogP contribution < -0.4 is 16.9 Å². The van der Waals surface area contributed by atoms with Crippen LogP contribution in [0.4, 0.5) is 5.69 Å². The molecule has 5 heteroatoms. The fourth-order valence-electron chi connectivity index (χ4n) is 4.26. The predicted molar refractivity (Wildman–Crippen MR) is 122 cm³/mol. The fraction of sp³-hybridized carbons (Fsp3) is 0. The van der Waals surface area contributed by atoms with E-state index >= 15 is 0 Å². The minimum atomic E-state index is -0.319. The van der Waals surface area contributed by atoms with Gasteiger partial charge in [0.05, 0.1) is 5.69 Å². The Balaban J connectivity index is 1.87. The Bertz CT molecular complexity index is 1680. The van der Waals surface area contributed by atoms with E-state index in [1.54, 1.807) is 35.6 Å². The summed E-state index contributed by atoms with van der Waals surface area (Å²) in [7, 11) is 0. The van der Waals surface area contributed by atoms with Crippen molar-refractivity contribution in [3.05, 3.63) is 93.5 Å². The van der Waals surface area contributed by atoms with Crippen LogP contribution in [-0.4, -0.2) is 4.57 Å². The lowest BCUT2D eigenvalue weighted by Crippen LogP contribution is -2.31. The van der Waals surface area contributed by atoms with Crippen molar-refractivity contribution in [2.24, 2.45) is 0 Å². The first-order valence-electron chi connectivity index (χ1n) is 9.25. The molecule has 0 radical (unpaired) electrons. The van der Waals surface area contributed by atoms with E-state index in [1.807, 2.05) is 36.4 Å². The van der Waals surface area contributed by atoms with Crippen LogP contribution in [-0.2, 0) is 0 Å². The number of pyridine rings is 1. The average molecular weight is 394 g/mol. The Morgan fingerprint density at radius 1 is 0.655 bits per heavy atom. The monoisotopic (exact) mass is 394 g/mol. The summed E-state index contributed by atoms with van der Waals surface area (Å²) >= 11 is 1.68. The molecule has 0 atom stereocenters. The van der Waals surface area contributed by atoms with Gasteiger partial charge in [-0.3, -0.25) is 9.59 Å². The highest BCUT2D eigenvalue weighted by molar-refractivity contribution is 7.25. The summed E-state index contributed by atoms with van der Waals surface area (Å²) in [6.45, 7) is 0. The van der Waals surface area contributed by atoms with E-state index in [9.17, 15) is 9.59 Å². The molecule has 0 unspecified atom stereocenters. The summed E-state index contributed by atoms with van der Waals surface area (Å²) in [5, 5.41) is 5.01. The van der Waals surface area contributed by atoms with Crippen LogP contribution in [0.25, 0.3) is 47.4 Å². The molecule has 0 bridgehead atoms. The Labute approximate surface area is 168 Å². The molecule has 4 aromatic carbocycles. The van der Waals surface area contributed by atoms with Gasteiger partial charge in [-0.25, -0.2) is 4.57 Å². The second-order valence-electron chi connectivity index (χ2n) is 7.16. The molecule has 0 spiro atoms. The van der Waals surface area contributed by atoms with Gasteiger partial charge in [-0.05, 0) is 53.2 Å². The van der Waals surface area contributed by atoms with Crippen molar-refractivity contribution < 1.29 is 0 Å². The highest BCUT2D eigenvalue weighted by Gasteiger charge is 2.18. The molecule has 2 N–H and O–H groups in total. The minimum Gasteiger partial charge on any atom is -0.399 e. The molecule has 6 aromatic rings. The highest BCUT2D eigenvalue weighted by Crippen LogP contribution is 2.39. The molecule has 138 valence electrons. The van der Waals surface area contributed by atoms with E-state index < -0.39 is 0 Å². The third kappa shape index (κ3) is 2.13. The number of nitrogens with zero attached hydrogens (tertiary/aromatic N) is 1. The molecule has 2 aromatic heterocycles. The number of hydrogen-bond donors (Lipinski definition) is 1. The van der Waals surface area contributed by atoms with Crippen molar-refractivity contribution in [1.82, 2.24) is 4.57 Å². The Morgan fingerprint density at radius 2 is 1.38 bits per heavy atom. The largest absolute Gasteiger partial charge is 0.399 e. The molecule has 0 fully saturated rings. The number of anilines is 1. The van der Waals surface area contributed by atoms with Crippen LogP contribution in [0.2, 0.25) is 0 Å². The topological polar surface area (TPSA) is 65.1 Å². The Morgan fingerprint density at radius 3 is 2.17 bits per heavy atom. The number of benzene rings is 4. The molecule has 0 aliphatic rings. The van der Waals surface area contributed by atoms with Gasteiger partial charge in [0.15, 0.2) is 0 Å². The lowest BCUT2D eigenvalue weighted by atomic mass is 9.97. The minimum absolute atomic E-state index is 0.319. The third-order valence-electron chi connectivity index (χ3n) is 5.52. The Hall–Kier alpha value is -3.70. The van der Waals surface area contributed by atoms with Gasteiger partial charge in [0.2, 0.25) is 0 Å². The first kappa shape index (κ1) is 16.3. The molecule has 4 nitrogen and oxygen atoms in total. The van der Waals surface area contributed by atoms with Crippen molar-refractivity contribution in [2.45, 2.75) is 0 Å². The van der Waals surface area contributed by atoms with Crippen molar-refractivity contribution in [3.8, 4) is 5.69 Å². The normalized spacial score (nSPS) is 11.9. The zero-order valence-electron chi connectivity index (χ0n) is 15.2. The van der Waals surface area contributed by atoms with Crippen LogP contribution in [0.1, 0.15) is 0 Å². The van der Waals surface area contributed by atoms with Crippen molar-refractivity contribution in [1.29, 1.82) is 0 Å². The van der Waals surface area contributed by atoms with Crippen LogP contribution >= 0.6 is 11.3 Å². The zero-order valence-corrected chi connectivity index (χ0v) is 16.0. The first-order chi connectivity index (χ1) is 14.1. The van der Waals surface area contributed by atoms with E-state index in [1.165, 1.54) is 9.27 Å². The van der Waals surface area contributed by atoms with Gasteiger partial charge in [0.1, 0.15) is 0 Å². The summed E-state index contributed by atoms with van der Waals surface area (Å²) in [6, 6.07) is 22.7. The highest BCUT2D eigenvalue weighted by atomic mass is 32.1. The fourth-order valence-corrected chi connectivity index (χ4v) is 5.38. The number of rotatable bonds is 1. The number of aromatic nitrogens is 1. The second-order valence-corrected chi connectivity index (χ2v) is 8.24. The summed E-state index contributed by atoms with van der Waals surface area (Å²) in [5.41, 5.74) is 6.24. The summed E-state index contributed by atoms with van der Waals surface area (Å²) in [4.78, 5) is 26.7. The molecular formula is C24H14N2O2S. The van der Waals surface area contributed by atoms with E-state index in [0.717, 1.165) is 26.2 Å². The van der Waals surface area contributed by atoms with Gasteiger partial charge in [0.25, 0.3) is 11.1 Å². The predicted octanol–water partition coefficient (Wildman–Crippen LogP) is 4.89. The smallest absolute Gasteiger partial charge is 0.265 e. The molecule has 0 aliphatic carbocycles. The number of fused-ring (bicyclic) bond motifs is 2. The maximum atomic E-state index is 13.4. The van der Waals surface area contributed by atoms with Gasteiger partial charge >= 0.3 is 0 Å². The maximum absolute atomic E-state index is 13.4. The molecule has 2 heterocycles. The van der Waals surface area contributed by atoms with Gasteiger partial charge < -0.3 is 5.73 Å². The number of nitrogens with two attached hydrogens (primary N) is 1. The van der Waals surface area contributed by atoms with Crippen molar-refractivity contribution >= 4 is 58.7 Å². The molecule has 0 saturated heterocycles. The first-order valence-corrected chi connectivity index (χ1v) is 10.1. The molecule has 0 aliphatic heterocycles. The molecule has 6 rings (SSSR count). The van der Waals surface area contributed by atoms with Gasteiger partial charge in [-0.2, -0.15) is 0 Å². The van der Waals surface area contributed by atoms with Crippen molar-refractivity contribution in [2.75, 3.05) is 5.73 Å². The number of nitrogen functional groups attached to an aromatic ring is 1. The van der Waals surface area contributed by atoms with Gasteiger partial charge in [0, 0.05) is 36.6 Å². The average Bonchev–Trinajstić information content (AvgIpc) is 2.73. The molecular weight excluding hydrogens is 380 g/mol. The molecule has 0 saturated carbocycles. The standard InChI is InChI=1S/C24H14N2O2S/c25-13-4-3-5-14(12-13)26-23(27)17-9-8-16-15-6-1-2-7-19(15)29-20-11-10-18(24(26)28)21(17)22(16)20/h1-12H,25H2. The van der Waals surface area contributed by atoms with Gasteiger partial charge in [-0.1, -0.05) is 30.3 Å². The lowest BCUT2D eigenvalue weighted by Gasteiger charge is -2.14.